The number of hydrogen-bond donors (Lipinski definition) is 2. The molecule has 0 aromatic heterocycles. The lowest BCUT2D eigenvalue weighted by molar-refractivity contribution is -0.122. The van der Waals surface area contributed by atoms with Crippen LogP contribution in [0.2, 0.25) is 0 Å². The van der Waals surface area contributed by atoms with E-state index in [4.69, 9.17) is 4.74 Å². The van der Waals surface area contributed by atoms with Crippen molar-refractivity contribution >= 4 is 21.8 Å². The molecule has 0 spiro atoms. The molecule has 0 bridgehead atoms. The maximum absolute atomic E-state index is 12.0. The molecular weight excluding hydrogens is 308 g/mol. The molecule has 1 saturated heterocycles. The third-order valence-corrected chi connectivity index (χ3v) is 3.65. The lowest BCUT2D eigenvalue weighted by Gasteiger charge is -2.24. The summed E-state index contributed by atoms with van der Waals surface area (Å²) in [7, 11) is 0. The highest BCUT2D eigenvalue weighted by Gasteiger charge is 2.18. The second-order valence-electron chi connectivity index (χ2n) is 4.77. The van der Waals surface area contributed by atoms with Crippen LogP contribution in [0, 0.1) is 0 Å². The number of carbonyl (C=O) groups is 1. The van der Waals surface area contributed by atoms with Crippen molar-refractivity contribution in [1.82, 2.24) is 10.6 Å². The van der Waals surface area contributed by atoms with Crippen LogP contribution in [0.4, 0.5) is 0 Å². The number of hydrogen-bond acceptors (Lipinski definition) is 3. The molecule has 2 atom stereocenters. The molecule has 1 fully saturated rings. The van der Waals surface area contributed by atoms with Crippen LogP contribution < -0.4 is 10.6 Å². The van der Waals surface area contributed by atoms with E-state index in [0.717, 1.165) is 23.2 Å². The quantitative estimate of drug-likeness (QED) is 0.889. The van der Waals surface area contributed by atoms with Gasteiger partial charge in [-0.3, -0.25) is 4.79 Å². The molecule has 1 heterocycles. The molecule has 1 unspecified atom stereocenters. The minimum atomic E-state index is 0.00880. The minimum Gasteiger partial charge on any atom is -0.378 e. The van der Waals surface area contributed by atoms with Crippen molar-refractivity contribution in [3.63, 3.8) is 0 Å². The Labute approximate surface area is 122 Å². The predicted octanol–water partition coefficient (Wildman–Crippen LogP) is 2.00. The van der Waals surface area contributed by atoms with Crippen LogP contribution in [0.3, 0.4) is 0 Å². The average molecular weight is 327 g/mol. The van der Waals surface area contributed by atoms with Crippen molar-refractivity contribution in [2.45, 2.75) is 25.4 Å². The van der Waals surface area contributed by atoms with Crippen LogP contribution in [0.5, 0.6) is 0 Å². The number of rotatable bonds is 4. The van der Waals surface area contributed by atoms with Crippen LogP contribution in [0.25, 0.3) is 0 Å². The first kappa shape index (κ1) is 14.5. The zero-order valence-corrected chi connectivity index (χ0v) is 12.6. The highest BCUT2D eigenvalue weighted by atomic mass is 79.9. The fraction of sp³-hybridized carbons (Fsp3) is 0.500. The van der Waals surface area contributed by atoms with Gasteiger partial charge in [0.05, 0.1) is 19.3 Å². The van der Waals surface area contributed by atoms with Gasteiger partial charge in [0.25, 0.3) is 0 Å². The molecular formula is C14H19BrN2O2. The summed E-state index contributed by atoms with van der Waals surface area (Å²) in [6.45, 7) is 4.15. The highest BCUT2D eigenvalue weighted by molar-refractivity contribution is 9.10. The zero-order chi connectivity index (χ0) is 13.7. The standard InChI is InChI=1S/C14H19BrN2O2/c1-10(11-3-2-4-12(15)7-11)17-14(18)8-13-9-19-6-5-16-13/h2-4,7,10,13,16H,5-6,8-9H2,1H3,(H,17,18)/t10-,13?/m1/s1. The van der Waals surface area contributed by atoms with Crippen molar-refractivity contribution in [3.05, 3.63) is 34.3 Å². The number of nitrogens with one attached hydrogen (secondary N) is 2. The number of benzene rings is 1. The lowest BCUT2D eigenvalue weighted by atomic mass is 10.1. The van der Waals surface area contributed by atoms with Crippen molar-refractivity contribution in [1.29, 1.82) is 0 Å². The van der Waals surface area contributed by atoms with Crippen molar-refractivity contribution < 1.29 is 9.53 Å². The molecule has 5 heteroatoms. The first-order chi connectivity index (χ1) is 9.15. The van der Waals surface area contributed by atoms with Crippen LogP contribution in [-0.4, -0.2) is 31.7 Å². The minimum absolute atomic E-state index is 0.00880. The first-order valence-corrected chi connectivity index (χ1v) is 7.30. The Kier molecular flexibility index (Phi) is 5.36. The molecule has 1 aliphatic rings. The van der Waals surface area contributed by atoms with E-state index >= 15 is 0 Å². The normalized spacial score (nSPS) is 20.8. The van der Waals surface area contributed by atoms with Gasteiger partial charge in [-0.25, -0.2) is 0 Å². The van der Waals surface area contributed by atoms with Gasteiger partial charge in [-0.2, -0.15) is 0 Å². The molecule has 4 nitrogen and oxygen atoms in total. The Hall–Kier alpha value is -0.910. The van der Waals surface area contributed by atoms with Crippen LogP contribution in [-0.2, 0) is 9.53 Å². The fourth-order valence-corrected chi connectivity index (χ4v) is 2.55. The van der Waals surface area contributed by atoms with E-state index in [-0.39, 0.29) is 18.0 Å². The van der Waals surface area contributed by atoms with Crippen LogP contribution in [0.15, 0.2) is 28.7 Å². The predicted molar refractivity (Wildman–Crippen MR) is 77.9 cm³/mol. The van der Waals surface area contributed by atoms with Gasteiger partial charge < -0.3 is 15.4 Å². The molecule has 1 amide bonds. The Balaban J connectivity index is 1.84. The monoisotopic (exact) mass is 326 g/mol. The number of halogens is 1. The molecule has 1 aliphatic heterocycles. The van der Waals surface area contributed by atoms with Gasteiger partial charge in [0, 0.05) is 23.5 Å². The van der Waals surface area contributed by atoms with E-state index < -0.39 is 0 Å². The number of carbonyl (C=O) groups excluding carboxylic acids is 1. The van der Waals surface area contributed by atoms with Gasteiger partial charge in [-0.1, -0.05) is 28.1 Å². The largest absolute Gasteiger partial charge is 0.378 e. The SMILES string of the molecule is C[C@@H](NC(=O)CC1COCCN1)c1cccc(Br)c1. The summed E-state index contributed by atoms with van der Waals surface area (Å²) < 4.78 is 6.36. The molecule has 1 aromatic carbocycles. The van der Waals surface area contributed by atoms with E-state index in [0.29, 0.717) is 13.0 Å². The van der Waals surface area contributed by atoms with Crippen LogP contribution in [0.1, 0.15) is 24.9 Å². The lowest BCUT2D eigenvalue weighted by Crippen LogP contribution is -2.44. The average Bonchev–Trinajstić information content (AvgIpc) is 2.39. The molecule has 0 aliphatic carbocycles. The summed E-state index contributed by atoms with van der Waals surface area (Å²) in [6, 6.07) is 8.11. The third kappa shape index (κ3) is 4.60. The summed E-state index contributed by atoms with van der Waals surface area (Å²) in [5.41, 5.74) is 1.09. The van der Waals surface area contributed by atoms with Crippen LogP contribution >= 0.6 is 15.9 Å². The van der Waals surface area contributed by atoms with E-state index in [2.05, 4.69) is 26.6 Å². The summed E-state index contributed by atoms with van der Waals surface area (Å²) >= 11 is 3.44. The summed E-state index contributed by atoms with van der Waals surface area (Å²) in [4.78, 5) is 12.0. The summed E-state index contributed by atoms with van der Waals surface area (Å²) in [5.74, 6) is 0.0514. The first-order valence-electron chi connectivity index (χ1n) is 6.51. The van der Waals surface area contributed by atoms with Gasteiger partial charge in [-0.15, -0.1) is 0 Å². The number of amides is 1. The highest BCUT2D eigenvalue weighted by Crippen LogP contribution is 2.18. The Morgan fingerprint density at radius 1 is 1.63 bits per heavy atom. The topological polar surface area (TPSA) is 50.4 Å². The van der Waals surface area contributed by atoms with E-state index in [9.17, 15) is 4.79 Å². The van der Waals surface area contributed by atoms with Gasteiger partial charge in [0.2, 0.25) is 5.91 Å². The molecule has 1 aromatic rings. The zero-order valence-electron chi connectivity index (χ0n) is 11.0. The maximum atomic E-state index is 12.0. The van der Waals surface area contributed by atoms with Crippen molar-refractivity contribution in [3.8, 4) is 0 Å². The molecule has 2 rings (SSSR count). The third-order valence-electron chi connectivity index (χ3n) is 3.16. The number of morpholine rings is 1. The molecule has 2 N–H and O–H groups in total. The second-order valence-corrected chi connectivity index (χ2v) is 5.69. The molecule has 0 saturated carbocycles. The Morgan fingerprint density at radius 2 is 2.47 bits per heavy atom. The smallest absolute Gasteiger partial charge is 0.222 e. The molecule has 19 heavy (non-hydrogen) atoms. The summed E-state index contributed by atoms with van der Waals surface area (Å²) in [5, 5.41) is 6.29. The van der Waals surface area contributed by atoms with Gasteiger partial charge in [0.15, 0.2) is 0 Å². The van der Waals surface area contributed by atoms with E-state index in [1.165, 1.54) is 0 Å². The van der Waals surface area contributed by atoms with Gasteiger partial charge >= 0.3 is 0 Å². The molecule has 0 radical (unpaired) electrons. The van der Waals surface area contributed by atoms with Crippen molar-refractivity contribution in [2.75, 3.05) is 19.8 Å². The van der Waals surface area contributed by atoms with Gasteiger partial charge in [-0.05, 0) is 24.6 Å². The fourth-order valence-electron chi connectivity index (χ4n) is 2.13. The Bertz CT molecular complexity index is 433. The van der Waals surface area contributed by atoms with E-state index in [1.54, 1.807) is 0 Å². The van der Waals surface area contributed by atoms with Gasteiger partial charge in [0.1, 0.15) is 0 Å². The van der Waals surface area contributed by atoms with E-state index in [1.807, 2.05) is 31.2 Å². The summed E-state index contributed by atoms with van der Waals surface area (Å²) in [6.07, 6.45) is 0.457. The number of ether oxygens (including phenoxy) is 1. The second kappa shape index (κ2) is 7.03. The molecule has 104 valence electrons. The van der Waals surface area contributed by atoms with Crippen molar-refractivity contribution in [2.24, 2.45) is 0 Å². The maximum Gasteiger partial charge on any atom is 0.222 e. The Morgan fingerprint density at radius 3 is 3.16 bits per heavy atom.